The number of rotatable bonds is 5. The molecule has 0 atom stereocenters. The molecule has 2 aliphatic rings. The summed E-state index contributed by atoms with van der Waals surface area (Å²) in [7, 11) is 0. The van der Waals surface area contributed by atoms with E-state index in [9.17, 15) is 4.79 Å². The standard InChI is InChI=1S/C31H37N3O4/c1-31(2,3)38-30(35)34-16-12-26(13-17-34)36-27-8-9-28-25(18-27)19-29(37-28)24-10-14-33(15-11-24)21-23-6-4-22(20-32)5-7-23/h4-9,18-19,24,26H,10-17,21H2,1-3H3. The number of carbonyl (C=O) groups is 1. The molecule has 3 heterocycles. The van der Waals surface area contributed by atoms with E-state index in [1.807, 2.05) is 57.2 Å². The predicted molar refractivity (Wildman–Crippen MR) is 146 cm³/mol. The van der Waals surface area contributed by atoms with Gasteiger partial charge in [0.15, 0.2) is 0 Å². The zero-order chi connectivity index (χ0) is 26.7. The molecule has 3 aromatic rings. The molecule has 200 valence electrons. The topological polar surface area (TPSA) is 78.9 Å². The summed E-state index contributed by atoms with van der Waals surface area (Å²) in [6, 6.07) is 18.3. The van der Waals surface area contributed by atoms with Gasteiger partial charge in [-0.25, -0.2) is 4.79 Å². The first-order valence-corrected chi connectivity index (χ1v) is 13.7. The quantitative estimate of drug-likeness (QED) is 0.388. The lowest BCUT2D eigenvalue weighted by Gasteiger charge is -2.33. The maximum Gasteiger partial charge on any atom is 0.410 e. The van der Waals surface area contributed by atoms with E-state index in [1.165, 1.54) is 5.56 Å². The Kier molecular flexibility index (Phi) is 7.62. The van der Waals surface area contributed by atoms with Crippen LogP contribution in [0.3, 0.4) is 0 Å². The Morgan fingerprint density at radius 3 is 2.37 bits per heavy atom. The second-order valence-electron chi connectivity index (χ2n) is 11.5. The SMILES string of the molecule is CC(C)(C)OC(=O)N1CCC(Oc2ccc3oc(C4CCN(Cc5ccc(C#N)cc5)CC4)cc3c2)CC1. The molecule has 7 nitrogen and oxygen atoms in total. The van der Waals surface area contributed by atoms with E-state index in [-0.39, 0.29) is 12.2 Å². The summed E-state index contributed by atoms with van der Waals surface area (Å²) in [6.07, 6.45) is 3.54. The molecule has 0 saturated carbocycles. The maximum absolute atomic E-state index is 12.3. The van der Waals surface area contributed by atoms with Crippen molar-refractivity contribution in [3.63, 3.8) is 0 Å². The summed E-state index contributed by atoms with van der Waals surface area (Å²) in [4.78, 5) is 16.6. The first-order chi connectivity index (χ1) is 18.3. The van der Waals surface area contributed by atoms with Gasteiger partial charge in [-0.3, -0.25) is 4.90 Å². The third kappa shape index (κ3) is 6.49. The minimum absolute atomic E-state index is 0.0814. The normalized spacial score (nSPS) is 17.9. The number of ether oxygens (including phenoxy) is 2. The van der Waals surface area contributed by atoms with Crippen LogP contribution in [0.5, 0.6) is 5.75 Å². The average molecular weight is 516 g/mol. The van der Waals surface area contributed by atoms with Gasteiger partial charge >= 0.3 is 6.09 Å². The number of carbonyl (C=O) groups excluding carboxylic acids is 1. The molecule has 0 unspecified atom stereocenters. The fourth-order valence-corrected chi connectivity index (χ4v) is 5.31. The van der Waals surface area contributed by atoms with E-state index < -0.39 is 5.60 Å². The van der Waals surface area contributed by atoms with Crippen molar-refractivity contribution < 1.29 is 18.7 Å². The van der Waals surface area contributed by atoms with Crippen LogP contribution in [0.4, 0.5) is 4.79 Å². The van der Waals surface area contributed by atoms with Crippen molar-refractivity contribution in [2.75, 3.05) is 26.2 Å². The molecule has 0 spiro atoms. The minimum atomic E-state index is -0.480. The van der Waals surface area contributed by atoms with Crippen molar-refractivity contribution in [2.24, 2.45) is 0 Å². The number of nitriles is 1. The molecule has 1 aromatic heterocycles. The van der Waals surface area contributed by atoms with Gasteiger partial charge in [-0.1, -0.05) is 12.1 Å². The molecule has 0 bridgehead atoms. The molecule has 38 heavy (non-hydrogen) atoms. The highest BCUT2D eigenvalue weighted by Crippen LogP contribution is 2.34. The third-order valence-corrected chi connectivity index (χ3v) is 7.38. The van der Waals surface area contributed by atoms with Crippen molar-refractivity contribution in [2.45, 2.75) is 70.6 Å². The highest BCUT2D eigenvalue weighted by molar-refractivity contribution is 5.79. The molecule has 1 amide bonds. The largest absolute Gasteiger partial charge is 0.490 e. The van der Waals surface area contributed by atoms with Gasteiger partial charge in [0.25, 0.3) is 0 Å². The van der Waals surface area contributed by atoms with Crippen molar-refractivity contribution in [3.05, 3.63) is 65.4 Å². The van der Waals surface area contributed by atoms with E-state index in [2.05, 4.69) is 23.1 Å². The Morgan fingerprint density at radius 1 is 1.00 bits per heavy atom. The van der Waals surface area contributed by atoms with Crippen molar-refractivity contribution in [1.82, 2.24) is 9.80 Å². The lowest BCUT2D eigenvalue weighted by atomic mass is 9.94. The summed E-state index contributed by atoms with van der Waals surface area (Å²) in [5, 5.41) is 10.1. The number of nitrogens with zero attached hydrogens (tertiary/aromatic N) is 3. The van der Waals surface area contributed by atoms with Crippen LogP contribution in [0.1, 0.15) is 69.3 Å². The Labute approximate surface area is 224 Å². The lowest BCUT2D eigenvalue weighted by Crippen LogP contribution is -2.44. The van der Waals surface area contributed by atoms with Gasteiger partial charge in [-0.2, -0.15) is 5.26 Å². The number of fused-ring (bicyclic) bond motifs is 1. The molecule has 0 aliphatic carbocycles. The lowest BCUT2D eigenvalue weighted by molar-refractivity contribution is 0.0127. The molecule has 5 rings (SSSR count). The number of hydrogen-bond donors (Lipinski definition) is 0. The Balaban J connectivity index is 1.13. The second kappa shape index (κ2) is 11.1. The highest BCUT2D eigenvalue weighted by atomic mass is 16.6. The number of furan rings is 1. The van der Waals surface area contributed by atoms with Crippen molar-refractivity contribution >= 4 is 17.1 Å². The summed E-state index contributed by atoms with van der Waals surface area (Å²) in [5.41, 5.74) is 2.36. The van der Waals surface area contributed by atoms with Gasteiger partial charge in [-0.15, -0.1) is 0 Å². The van der Waals surface area contributed by atoms with E-state index >= 15 is 0 Å². The van der Waals surface area contributed by atoms with E-state index in [0.717, 1.165) is 67.8 Å². The Bertz CT molecular complexity index is 1290. The number of piperidine rings is 2. The van der Waals surface area contributed by atoms with Crippen LogP contribution in [-0.4, -0.2) is 53.8 Å². The van der Waals surface area contributed by atoms with Gasteiger partial charge in [0.2, 0.25) is 0 Å². The van der Waals surface area contributed by atoms with E-state index in [4.69, 9.17) is 19.2 Å². The summed E-state index contributed by atoms with van der Waals surface area (Å²) in [6.45, 7) is 9.91. The summed E-state index contributed by atoms with van der Waals surface area (Å²) in [5.74, 6) is 2.32. The van der Waals surface area contributed by atoms with Crippen molar-refractivity contribution in [1.29, 1.82) is 5.26 Å². The average Bonchev–Trinajstić information content (AvgIpc) is 3.32. The number of benzene rings is 2. The van der Waals surface area contributed by atoms with Gasteiger partial charge in [-0.05, 0) is 88.7 Å². The molecule has 2 aliphatic heterocycles. The van der Waals surface area contributed by atoms with Gasteiger partial charge in [0.05, 0.1) is 11.6 Å². The zero-order valence-electron chi connectivity index (χ0n) is 22.6. The molecule has 2 fully saturated rings. The van der Waals surface area contributed by atoms with Crippen molar-refractivity contribution in [3.8, 4) is 11.8 Å². The maximum atomic E-state index is 12.3. The van der Waals surface area contributed by atoms with Crippen LogP contribution < -0.4 is 4.74 Å². The minimum Gasteiger partial charge on any atom is -0.490 e. The van der Waals surface area contributed by atoms with Crippen LogP contribution in [-0.2, 0) is 11.3 Å². The molecular formula is C31H37N3O4. The number of amides is 1. The second-order valence-corrected chi connectivity index (χ2v) is 11.5. The van der Waals surface area contributed by atoms with Crippen LogP contribution in [0, 0.1) is 11.3 Å². The van der Waals surface area contributed by atoms with Gasteiger partial charge in [0, 0.05) is 43.8 Å². The molecule has 0 radical (unpaired) electrons. The van der Waals surface area contributed by atoms with E-state index in [0.29, 0.717) is 24.6 Å². The van der Waals surface area contributed by atoms with Crippen LogP contribution in [0.15, 0.2) is 52.9 Å². The van der Waals surface area contributed by atoms with Crippen LogP contribution >= 0.6 is 0 Å². The summed E-state index contributed by atoms with van der Waals surface area (Å²) < 4.78 is 18.0. The fraction of sp³-hybridized carbons (Fsp3) is 0.484. The number of likely N-dealkylation sites (tertiary alicyclic amines) is 2. The van der Waals surface area contributed by atoms with Crippen LogP contribution in [0.25, 0.3) is 11.0 Å². The highest BCUT2D eigenvalue weighted by Gasteiger charge is 2.28. The monoisotopic (exact) mass is 515 g/mol. The zero-order valence-corrected chi connectivity index (χ0v) is 22.6. The smallest absolute Gasteiger partial charge is 0.410 e. The first kappa shape index (κ1) is 26.1. The molecular weight excluding hydrogens is 478 g/mol. The van der Waals surface area contributed by atoms with Gasteiger partial charge < -0.3 is 18.8 Å². The molecule has 2 aromatic carbocycles. The van der Waals surface area contributed by atoms with E-state index in [1.54, 1.807) is 4.90 Å². The van der Waals surface area contributed by atoms with Crippen LogP contribution in [0.2, 0.25) is 0 Å². The Morgan fingerprint density at radius 2 is 1.71 bits per heavy atom. The molecule has 0 N–H and O–H groups in total. The van der Waals surface area contributed by atoms with Gasteiger partial charge in [0.1, 0.15) is 28.8 Å². The summed E-state index contributed by atoms with van der Waals surface area (Å²) >= 11 is 0. The third-order valence-electron chi connectivity index (χ3n) is 7.38. The Hall–Kier alpha value is -3.50. The first-order valence-electron chi connectivity index (χ1n) is 13.7. The molecule has 7 heteroatoms. The fourth-order valence-electron chi connectivity index (χ4n) is 5.31. The molecule has 2 saturated heterocycles. The predicted octanol–water partition coefficient (Wildman–Crippen LogP) is 6.46. The number of hydrogen-bond acceptors (Lipinski definition) is 6.